The quantitative estimate of drug-likeness (QED) is 0.0729. The van der Waals surface area contributed by atoms with E-state index in [-0.39, 0.29) is 45.1 Å². The molecule has 0 aromatic carbocycles. The Morgan fingerprint density at radius 3 is 2.26 bits per heavy atom. The number of aromatic nitrogens is 2. The number of H-pyrrole nitrogens is 1. The lowest BCUT2D eigenvalue weighted by Crippen LogP contribution is -2.53. The van der Waals surface area contributed by atoms with Crippen LogP contribution in [0.15, 0.2) is 59.8 Å². The molecule has 0 radical (unpaired) electrons. The molecule has 1 aromatic heterocycles. The summed E-state index contributed by atoms with van der Waals surface area (Å²) in [7, 11) is -10.5. The van der Waals surface area contributed by atoms with E-state index in [2.05, 4.69) is 19.7 Å². The van der Waals surface area contributed by atoms with E-state index in [1.165, 1.54) is 18.2 Å². The van der Waals surface area contributed by atoms with Gasteiger partial charge in [0, 0.05) is 18.7 Å². The van der Waals surface area contributed by atoms with Crippen LogP contribution in [0.5, 0.6) is 0 Å². The molecule has 0 spiro atoms. The molecule has 264 valence electrons. The second-order valence-electron chi connectivity index (χ2n) is 9.76. The zero-order chi connectivity index (χ0) is 32.5. The Morgan fingerprint density at radius 2 is 1.63 bits per heavy atom. The topological polar surface area (TPSA) is 313 Å². The summed E-state index contributed by atoms with van der Waals surface area (Å²) in [4.78, 5) is 50.9. The van der Waals surface area contributed by atoms with Gasteiger partial charge in [-0.3, -0.25) is 14.3 Å². The third-order valence-corrected chi connectivity index (χ3v) is 10.2. The van der Waals surface area contributed by atoms with E-state index >= 15 is 0 Å². The number of hydrogen-bond donors (Lipinski definition) is 5. The zero-order valence-electron chi connectivity index (χ0n) is 25.6. The number of nitrogens with one attached hydrogen (secondary N) is 1. The molecule has 2 aliphatic rings. The minimum atomic E-state index is -5.27. The average Bonchev–Trinajstić information content (AvgIpc) is 3.22. The van der Waals surface area contributed by atoms with Crippen molar-refractivity contribution in [1.29, 1.82) is 0 Å². The number of hydrogen-bond acceptors (Lipinski definition) is 15. The molecule has 0 saturated carbocycles. The first-order valence-electron chi connectivity index (χ1n) is 13.4. The molecule has 0 aliphatic carbocycles. The molecular weight excluding hydrogens is 658 g/mol. The van der Waals surface area contributed by atoms with Crippen molar-refractivity contribution in [2.75, 3.05) is 38.9 Å². The molecule has 19 nitrogen and oxygen atoms in total. The lowest BCUT2D eigenvalue weighted by Gasteiger charge is -2.43. The van der Waals surface area contributed by atoms with Crippen LogP contribution >= 0.6 is 15.2 Å². The maximum Gasteiger partial charge on any atom is 0.330 e. The predicted molar refractivity (Wildman–Crippen MR) is 161 cm³/mol. The smallest absolute Gasteiger partial charge is 0.330 e. The number of rotatable bonds is 18. The Hall–Kier alpha value is -2.16. The highest BCUT2D eigenvalue weighted by Crippen LogP contribution is 2.55. The molecule has 2 fully saturated rings. The summed E-state index contributed by atoms with van der Waals surface area (Å²) in [5, 5.41) is 20.6. The van der Waals surface area contributed by atoms with Gasteiger partial charge in [-0.05, 0) is 0 Å². The Labute approximate surface area is 264 Å². The highest BCUT2D eigenvalue weighted by Gasteiger charge is 2.45. The second-order valence-corrected chi connectivity index (χ2v) is 13.8. The van der Waals surface area contributed by atoms with Crippen molar-refractivity contribution in [3.63, 3.8) is 0 Å². The fraction of sp³-hybridized carbons (Fsp3) is 0.600. The summed E-state index contributed by atoms with van der Waals surface area (Å²) in [6.07, 6.45) is -5.05. The SMILES string of the molecule is C=CCOC[C@@H]1C[C@H](OCC=C)[C@@H](OCC=C)[C@@H](OP(=O)([O-])CP(=O)([O-])OC[C@H]2O[C@@H](n3ccc(=O)[nH]c3=O)[C@H](O)[C@@H]2O)O1.[NH4+].[NH4+]. The Bertz CT molecular complexity index is 1340. The number of nitrogens with zero attached hydrogens (tertiary/aromatic N) is 1. The normalized spacial score (nSPS) is 30.2. The highest BCUT2D eigenvalue weighted by molar-refractivity contribution is 7.69. The van der Waals surface area contributed by atoms with E-state index in [1.54, 1.807) is 0 Å². The van der Waals surface area contributed by atoms with Crippen LogP contribution < -0.4 is 33.3 Å². The maximum atomic E-state index is 12.9. The molecule has 3 rings (SSSR count). The molecule has 46 heavy (non-hydrogen) atoms. The van der Waals surface area contributed by atoms with Crippen LogP contribution in [0.4, 0.5) is 0 Å². The van der Waals surface area contributed by atoms with E-state index in [0.29, 0.717) is 0 Å². The van der Waals surface area contributed by atoms with Crippen molar-refractivity contribution >= 4 is 15.2 Å². The van der Waals surface area contributed by atoms with E-state index in [1.807, 2.05) is 4.98 Å². The third-order valence-electron chi connectivity index (χ3n) is 6.34. The van der Waals surface area contributed by atoms with Crippen LogP contribution in [0.1, 0.15) is 12.6 Å². The van der Waals surface area contributed by atoms with Gasteiger partial charge in [0.1, 0.15) is 39.6 Å². The fourth-order valence-electron chi connectivity index (χ4n) is 4.44. The first kappa shape index (κ1) is 41.9. The van der Waals surface area contributed by atoms with E-state index < -0.39 is 88.1 Å². The van der Waals surface area contributed by atoms with Gasteiger partial charge in [0.25, 0.3) is 5.56 Å². The minimum Gasteiger partial charge on any atom is -0.778 e. The molecule has 21 heteroatoms. The highest BCUT2D eigenvalue weighted by atomic mass is 31.2. The minimum absolute atomic E-state index is 0. The van der Waals surface area contributed by atoms with Gasteiger partial charge >= 0.3 is 5.69 Å². The van der Waals surface area contributed by atoms with Gasteiger partial charge in [-0.1, -0.05) is 18.2 Å². The molecule has 11 N–H and O–H groups in total. The van der Waals surface area contributed by atoms with Gasteiger partial charge in [-0.2, -0.15) is 0 Å². The van der Waals surface area contributed by atoms with Crippen molar-refractivity contribution in [2.24, 2.45) is 0 Å². The van der Waals surface area contributed by atoms with Crippen molar-refractivity contribution in [2.45, 2.75) is 55.6 Å². The first-order valence-corrected chi connectivity index (χ1v) is 16.8. The van der Waals surface area contributed by atoms with E-state index in [9.17, 15) is 38.7 Å². The summed E-state index contributed by atoms with van der Waals surface area (Å²) in [6, 6.07) is 0.971. The lowest BCUT2D eigenvalue weighted by molar-refractivity contribution is -0.282. The molecule has 0 amide bonds. The van der Waals surface area contributed by atoms with Crippen LogP contribution in [0.3, 0.4) is 0 Å². The molecule has 2 saturated heterocycles. The van der Waals surface area contributed by atoms with Gasteiger partial charge in [-0.25, -0.2) is 4.79 Å². The lowest BCUT2D eigenvalue weighted by atomic mass is 10.0. The van der Waals surface area contributed by atoms with Gasteiger partial charge < -0.3 is 74.2 Å². The zero-order valence-corrected chi connectivity index (χ0v) is 27.4. The Morgan fingerprint density at radius 1 is 0.978 bits per heavy atom. The largest absolute Gasteiger partial charge is 0.778 e. The number of aromatic amines is 1. The van der Waals surface area contributed by atoms with Gasteiger partial charge in [-0.15, -0.1) is 19.7 Å². The van der Waals surface area contributed by atoms with Crippen molar-refractivity contribution in [1.82, 2.24) is 21.9 Å². The molecule has 0 bridgehead atoms. The van der Waals surface area contributed by atoms with Crippen LogP contribution in [-0.2, 0) is 41.9 Å². The summed E-state index contributed by atoms with van der Waals surface area (Å²) in [5.41, 5.74) is -1.68. The molecule has 2 aliphatic heterocycles. The van der Waals surface area contributed by atoms with Gasteiger partial charge in [0.15, 0.2) is 12.5 Å². The molecule has 3 heterocycles. The first-order chi connectivity index (χ1) is 20.8. The molecular formula is C25H44N4O15P2. The predicted octanol–water partition coefficient (Wildman–Crippen LogP) is -0.534. The standard InChI is InChI=1S/C25H38N2O15P2.2H3N/c1-4-9-36-13-16-12-17(37-10-5-2)22(38-11-6-3)24(40-16)42-44(34,35)15-43(32,33)39-14-18-20(29)21(30)23(41-18)27-8-7-19(28)26-25(27)31;;/h4-8,16-18,20-24,29-30H,1-3,9-15H2,(H,32,33)(H,34,35)(H,26,28,31);2*1H3/t16-,17-,18+,20+,21+,22+,23+,24+;;/m0../s1. The molecule has 10 atom stereocenters. The number of aliphatic hydroxyl groups is 2. The van der Waals surface area contributed by atoms with Gasteiger partial charge in [0.05, 0.1) is 51.1 Å². The van der Waals surface area contributed by atoms with Crippen LogP contribution in [0, 0.1) is 0 Å². The van der Waals surface area contributed by atoms with Gasteiger partial charge in [0.2, 0.25) is 0 Å². The monoisotopic (exact) mass is 702 g/mol. The van der Waals surface area contributed by atoms with Crippen molar-refractivity contribution in [3.8, 4) is 0 Å². The summed E-state index contributed by atoms with van der Waals surface area (Å²) < 4.78 is 64.4. The molecule has 1 aromatic rings. The Balaban J connectivity index is 0.00000529. The summed E-state index contributed by atoms with van der Waals surface area (Å²) >= 11 is 0. The van der Waals surface area contributed by atoms with Crippen LogP contribution in [0.25, 0.3) is 0 Å². The second kappa shape index (κ2) is 19.0. The number of aliphatic hydroxyl groups excluding tert-OH is 2. The summed E-state index contributed by atoms with van der Waals surface area (Å²) in [6.45, 7) is 10.0. The number of ether oxygens (including phenoxy) is 5. The third kappa shape index (κ3) is 11.8. The van der Waals surface area contributed by atoms with Crippen molar-refractivity contribution in [3.05, 3.63) is 71.1 Å². The Kier molecular flexibility index (Phi) is 17.3. The van der Waals surface area contributed by atoms with E-state index in [4.69, 9.17) is 32.7 Å². The fourth-order valence-corrected chi connectivity index (χ4v) is 7.59. The summed E-state index contributed by atoms with van der Waals surface area (Å²) in [5.74, 6) is -1.61. The van der Waals surface area contributed by atoms with E-state index in [0.717, 1.165) is 16.8 Å². The van der Waals surface area contributed by atoms with Crippen LogP contribution in [-0.4, -0.2) is 102 Å². The number of quaternary nitrogens is 2. The molecule has 2 unspecified atom stereocenters. The van der Waals surface area contributed by atoms with Crippen molar-refractivity contribution < 1.29 is 61.9 Å². The van der Waals surface area contributed by atoms with Crippen LogP contribution in [0.2, 0.25) is 0 Å². The average molecular weight is 703 g/mol. The maximum absolute atomic E-state index is 12.9.